The summed E-state index contributed by atoms with van der Waals surface area (Å²) < 4.78 is 39.3. The van der Waals surface area contributed by atoms with E-state index >= 15 is 0 Å². The van der Waals surface area contributed by atoms with Crippen molar-refractivity contribution in [3.63, 3.8) is 0 Å². The number of rotatable bonds is 2. The smallest absolute Gasteiger partial charge is 0.323 e. The molecule has 0 radical (unpaired) electrons. The first-order valence-corrected chi connectivity index (χ1v) is 7.45. The molecule has 2 aliphatic heterocycles. The normalized spacial score (nSPS) is 22.5. The summed E-state index contributed by atoms with van der Waals surface area (Å²) in [5, 5.41) is 2.32. The Bertz CT molecular complexity index is 827. The molecule has 0 spiro atoms. The maximum atomic E-state index is 13.1. The maximum Gasteiger partial charge on any atom is 0.418 e. The van der Waals surface area contributed by atoms with Gasteiger partial charge >= 0.3 is 6.18 Å². The molecule has 2 aliphatic rings. The molecule has 5 nitrogen and oxygen atoms in total. The van der Waals surface area contributed by atoms with Crippen LogP contribution >= 0.6 is 0 Å². The molecule has 3 rings (SSSR count). The summed E-state index contributed by atoms with van der Waals surface area (Å²) >= 11 is 0. The first-order chi connectivity index (χ1) is 11.7. The third kappa shape index (κ3) is 3.07. The quantitative estimate of drug-likeness (QED) is 0.892. The summed E-state index contributed by atoms with van der Waals surface area (Å²) in [6, 6.07) is 4.71. The van der Waals surface area contributed by atoms with Gasteiger partial charge in [0, 0.05) is 6.20 Å². The number of carbonyl (C=O) groups is 2. The number of carbonyl (C=O) groups excluding carboxylic acids is 2. The summed E-state index contributed by atoms with van der Waals surface area (Å²) in [6.07, 6.45) is 1.60. The van der Waals surface area contributed by atoms with E-state index in [9.17, 15) is 22.8 Å². The van der Waals surface area contributed by atoms with Crippen molar-refractivity contribution in [1.82, 2.24) is 4.90 Å². The molecular formula is C17H14F3N3O2. The van der Waals surface area contributed by atoms with Gasteiger partial charge in [-0.1, -0.05) is 18.2 Å². The summed E-state index contributed by atoms with van der Waals surface area (Å²) in [7, 11) is 0. The van der Waals surface area contributed by atoms with Gasteiger partial charge in [0.15, 0.2) is 0 Å². The van der Waals surface area contributed by atoms with Crippen LogP contribution in [-0.4, -0.2) is 28.1 Å². The molecule has 1 aromatic carbocycles. The number of alkyl halides is 3. The van der Waals surface area contributed by atoms with Crippen LogP contribution in [0.4, 0.5) is 18.9 Å². The second kappa shape index (κ2) is 5.87. The van der Waals surface area contributed by atoms with E-state index in [0.717, 1.165) is 6.07 Å². The summed E-state index contributed by atoms with van der Waals surface area (Å²) in [5.74, 6) is -0.946. The monoisotopic (exact) mass is 349 g/mol. The lowest BCUT2D eigenvalue weighted by Gasteiger charge is -2.41. The fourth-order valence-corrected chi connectivity index (χ4v) is 2.78. The lowest BCUT2D eigenvalue weighted by atomic mass is 9.91. The fourth-order valence-electron chi connectivity index (χ4n) is 2.78. The van der Waals surface area contributed by atoms with E-state index in [4.69, 9.17) is 0 Å². The molecule has 0 saturated carbocycles. The van der Waals surface area contributed by atoms with Crippen molar-refractivity contribution in [1.29, 1.82) is 0 Å². The van der Waals surface area contributed by atoms with Gasteiger partial charge in [-0.3, -0.25) is 9.59 Å². The standard InChI is InChI=1S/C17H14F3N3O2/c1-16(10-14(24)22-13-8-4-5-9-23(13)16)15(25)21-12-7-3-2-6-11(12)17(18,19)20/h2-9H,10H2,1H3,(H,21,25). The molecule has 0 aromatic heterocycles. The highest BCUT2D eigenvalue weighted by Crippen LogP contribution is 2.36. The first-order valence-electron chi connectivity index (χ1n) is 7.45. The van der Waals surface area contributed by atoms with Crippen LogP contribution in [0.5, 0.6) is 0 Å². The average Bonchev–Trinajstić information content (AvgIpc) is 2.54. The minimum Gasteiger partial charge on any atom is -0.323 e. The van der Waals surface area contributed by atoms with Crippen LogP contribution in [0.1, 0.15) is 18.9 Å². The minimum absolute atomic E-state index is 0.241. The third-order valence-electron chi connectivity index (χ3n) is 4.07. The molecule has 1 aromatic rings. The third-order valence-corrected chi connectivity index (χ3v) is 4.07. The number of allylic oxidation sites excluding steroid dienone is 2. The maximum absolute atomic E-state index is 13.1. The Morgan fingerprint density at radius 1 is 1.28 bits per heavy atom. The molecule has 8 heteroatoms. The lowest BCUT2D eigenvalue weighted by molar-refractivity contribution is -0.137. The van der Waals surface area contributed by atoms with Gasteiger partial charge in [0.05, 0.1) is 17.7 Å². The van der Waals surface area contributed by atoms with Gasteiger partial charge in [0.2, 0.25) is 0 Å². The number of aliphatic imine (C=N–C) groups is 1. The zero-order valence-electron chi connectivity index (χ0n) is 13.2. The first kappa shape index (κ1) is 16.9. The topological polar surface area (TPSA) is 61.8 Å². The highest BCUT2D eigenvalue weighted by Gasteiger charge is 2.46. The zero-order chi connectivity index (χ0) is 18.2. The van der Waals surface area contributed by atoms with Gasteiger partial charge in [-0.2, -0.15) is 18.2 Å². The Hall–Kier alpha value is -2.90. The van der Waals surface area contributed by atoms with E-state index < -0.39 is 29.1 Å². The molecule has 0 fully saturated rings. The van der Waals surface area contributed by atoms with Crippen LogP contribution in [0, 0.1) is 0 Å². The van der Waals surface area contributed by atoms with E-state index in [1.165, 1.54) is 30.0 Å². The summed E-state index contributed by atoms with van der Waals surface area (Å²) in [6.45, 7) is 1.49. The van der Waals surface area contributed by atoms with Crippen molar-refractivity contribution < 1.29 is 22.8 Å². The van der Waals surface area contributed by atoms with E-state index in [2.05, 4.69) is 10.3 Å². The molecule has 25 heavy (non-hydrogen) atoms. The molecule has 1 atom stereocenters. The second-order valence-corrected chi connectivity index (χ2v) is 5.88. The number of halogens is 3. The molecule has 0 aliphatic carbocycles. The van der Waals surface area contributed by atoms with Gasteiger partial charge in [-0.05, 0) is 31.2 Å². The molecule has 2 amide bonds. The predicted octanol–water partition coefficient (Wildman–Crippen LogP) is 3.12. The Morgan fingerprint density at radius 2 is 2.00 bits per heavy atom. The molecule has 1 unspecified atom stereocenters. The van der Waals surface area contributed by atoms with Crippen LogP contribution in [0.25, 0.3) is 0 Å². The number of nitrogens with one attached hydrogen (secondary N) is 1. The number of benzene rings is 1. The number of hydrogen-bond acceptors (Lipinski definition) is 3. The van der Waals surface area contributed by atoms with Crippen molar-refractivity contribution in [2.75, 3.05) is 5.32 Å². The molecule has 0 saturated heterocycles. The minimum atomic E-state index is -4.60. The number of para-hydroxylation sites is 1. The zero-order valence-corrected chi connectivity index (χ0v) is 13.2. The highest BCUT2D eigenvalue weighted by molar-refractivity contribution is 6.12. The molecule has 130 valence electrons. The van der Waals surface area contributed by atoms with Crippen LogP contribution < -0.4 is 5.32 Å². The van der Waals surface area contributed by atoms with Crippen LogP contribution in [0.3, 0.4) is 0 Å². The number of anilines is 1. The molecule has 1 N–H and O–H groups in total. The van der Waals surface area contributed by atoms with Crippen molar-refractivity contribution in [2.45, 2.75) is 25.1 Å². The fraction of sp³-hybridized carbons (Fsp3) is 0.235. The molecular weight excluding hydrogens is 335 g/mol. The Balaban J connectivity index is 1.94. The van der Waals surface area contributed by atoms with Crippen molar-refractivity contribution >= 4 is 23.3 Å². The number of hydrogen-bond donors (Lipinski definition) is 1. The van der Waals surface area contributed by atoms with Crippen LogP contribution in [0.2, 0.25) is 0 Å². The Kier molecular flexibility index (Phi) is 3.98. The molecule has 0 bridgehead atoms. The summed E-state index contributed by atoms with van der Waals surface area (Å²) in [5.41, 5.74) is -2.68. The van der Waals surface area contributed by atoms with Gasteiger partial charge in [-0.25, -0.2) is 0 Å². The van der Waals surface area contributed by atoms with E-state index in [1.54, 1.807) is 24.4 Å². The van der Waals surface area contributed by atoms with E-state index in [-0.39, 0.29) is 17.9 Å². The van der Waals surface area contributed by atoms with Gasteiger partial charge in [0.1, 0.15) is 11.4 Å². The number of fused-ring (bicyclic) bond motifs is 1. The van der Waals surface area contributed by atoms with Gasteiger partial charge in [-0.15, -0.1) is 0 Å². The van der Waals surface area contributed by atoms with Crippen molar-refractivity contribution in [3.8, 4) is 0 Å². The van der Waals surface area contributed by atoms with Gasteiger partial charge < -0.3 is 10.2 Å². The molecule has 2 heterocycles. The Morgan fingerprint density at radius 3 is 2.72 bits per heavy atom. The van der Waals surface area contributed by atoms with E-state index in [0.29, 0.717) is 0 Å². The van der Waals surface area contributed by atoms with Crippen LogP contribution in [0.15, 0.2) is 53.7 Å². The highest BCUT2D eigenvalue weighted by atomic mass is 19.4. The second-order valence-electron chi connectivity index (χ2n) is 5.88. The number of nitrogens with zero attached hydrogens (tertiary/aromatic N) is 2. The average molecular weight is 349 g/mol. The van der Waals surface area contributed by atoms with Gasteiger partial charge in [0.25, 0.3) is 11.8 Å². The predicted molar refractivity (Wildman–Crippen MR) is 85.7 cm³/mol. The Labute approximate surface area is 141 Å². The van der Waals surface area contributed by atoms with Crippen LogP contribution in [-0.2, 0) is 15.8 Å². The largest absolute Gasteiger partial charge is 0.418 e. The lowest BCUT2D eigenvalue weighted by Crippen LogP contribution is -2.58. The SMILES string of the molecule is CC1(C(=O)Nc2ccccc2C(F)(F)F)CC(=O)N=C2C=CC=CN21. The summed E-state index contributed by atoms with van der Waals surface area (Å²) in [4.78, 5) is 30.0. The van der Waals surface area contributed by atoms with Crippen molar-refractivity contribution in [3.05, 3.63) is 54.3 Å². The number of amides is 2. The van der Waals surface area contributed by atoms with Crippen molar-refractivity contribution in [2.24, 2.45) is 4.99 Å². The van der Waals surface area contributed by atoms with E-state index in [1.807, 2.05) is 0 Å². The number of amidine groups is 1.